The molecule has 1 aliphatic rings. The Kier molecular flexibility index (Phi) is 4.00. The molecule has 0 radical (unpaired) electrons. The Morgan fingerprint density at radius 2 is 2.12 bits per heavy atom. The summed E-state index contributed by atoms with van der Waals surface area (Å²) in [6.07, 6.45) is 5.94. The van der Waals surface area contributed by atoms with Crippen LogP contribution in [0.15, 0.2) is 11.0 Å². The lowest BCUT2D eigenvalue weighted by molar-refractivity contribution is 0.572. The largest absolute Gasteiger partial charge is 0.316 e. The Bertz CT molecular complexity index is 389. The number of nitrogens with one attached hydrogen (secondary N) is 1. The highest BCUT2D eigenvalue weighted by molar-refractivity contribution is 7.10. The first kappa shape index (κ1) is 12.8. The molecule has 1 N–H and O–H groups in total. The molecule has 94 valence electrons. The summed E-state index contributed by atoms with van der Waals surface area (Å²) in [6.45, 7) is 8.92. The van der Waals surface area contributed by atoms with Gasteiger partial charge in [-0.15, -0.1) is 11.3 Å². The Morgan fingerprint density at radius 3 is 2.82 bits per heavy atom. The molecule has 2 nitrogen and oxygen atoms in total. The van der Waals surface area contributed by atoms with Gasteiger partial charge in [0.15, 0.2) is 0 Å². The van der Waals surface area contributed by atoms with Gasteiger partial charge >= 0.3 is 0 Å². The average molecular weight is 250 g/mol. The molecule has 1 saturated heterocycles. The molecule has 1 aromatic heterocycles. The van der Waals surface area contributed by atoms with Crippen LogP contribution in [0.2, 0.25) is 0 Å². The van der Waals surface area contributed by atoms with Crippen molar-refractivity contribution in [3.8, 4) is 0 Å². The van der Waals surface area contributed by atoms with Crippen LogP contribution < -0.4 is 5.32 Å². The lowest BCUT2D eigenvalue weighted by Crippen LogP contribution is -2.13. The highest BCUT2D eigenvalue weighted by Crippen LogP contribution is 2.26. The zero-order valence-electron chi connectivity index (χ0n) is 11.0. The second-order valence-corrected chi connectivity index (χ2v) is 6.62. The van der Waals surface area contributed by atoms with Gasteiger partial charge in [-0.05, 0) is 38.4 Å². The minimum absolute atomic E-state index is 0.165. The average Bonchev–Trinajstić information content (AvgIpc) is 2.56. The summed E-state index contributed by atoms with van der Waals surface area (Å²) in [5, 5.41) is 6.80. The molecular formula is C14H22N2S. The number of nitrogens with zero attached hydrogens (tertiary/aromatic N) is 1. The molecule has 2 heterocycles. The Labute approximate surface area is 108 Å². The number of aromatic nitrogens is 1. The van der Waals surface area contributed by atoms with Crippen molar-refractivity contribution in [3.63, 3.8) is 0 Å². The van der Waals surface area contributed by atoms with Crippen LogP contribution in [0.4, 0.5) is 0 Å². The standard InChI is InChI=1S/C14H22N2S/c1-14(2,3)12-10-17-13(16-12)9-11-5-4-7-15-8-6-11/h9-10,15H,4-8H2,1-3H3/b11-9-. The van der Waals surface area contributed by atoms with Gasteiger partial charge < -0.3 is 5.32 Å². The summed E-state index contributed by atoms with van der Waals surface area (Å²) in [4.78, 5) is 4.73. The molecule has 17 heavy (non-hydrogen) atoms. The van der Waals surface area contributed by atoms with Crippen LogP contribution >= 0.6 is 11.3 Å². The summed E-state index contributed by atoms with van der Waals surface area (Å²) >= 11 is 1.77. The first-order valence-corrected chi connectivity index (χ1v) is 7.30. The van der Waals surface area contributed by atoms with E-state index in [1.165, 1.54) is 30.0 Å². The third-order valence-corrected chi connectivity index (χ3v) is 3.88. The van der Waals surface area contributed by atoms with Crippen LogP contribution in [-0.4, -0.2) is 18.1 Å². The Balaban J connectivity index is 2.12. The van der Waals surface area contributed by atoms with Gasteiger partial charge in [-0.1, -0.05) is 26.3 Å². The van der Waals surface area contributed by atoms with Crippen LogP contribution in [0.5, 0.6) is 0 Å². The molecule has 0 unspecified atom stereocenters. The topological polar surface area (TPSA) is 24.9 Å². The van der Waals surface area contributed by atoms with Gasteiger partial charge in [0, 0.05) is 10.8 Å². The molecule has 0 amide bonds. The second-order valence-electron chi connectivity index (χ2n) is 5.73. The number of hydrogen-bond acceptors (Lipinski definition) is 3. The third kappa shape index (κ3) is 3.65. The lowest BCUT2D eigenvalue weighted by atomic mass is 9.93. The summed E-state index contributed by atoms with van der Waals surface area (Å²) in [5.41, 5.74) is 2.92. The van der Waals surface area contributed by atoms with E-state index in [4.69, 9.17) is 4.98 Å². The van der Waals surface area contributed by atoms with Crippen molar-refractivity contribution in [2.24, 2.45) is 0 Å². The van der Waals surface area contributed by atoms with Gasteiger partial charge in [-0.25, -0.2) is 4.98 Å². The zero-order valence-corrected chi connectivity index (χ0v) is 11.9. The smallest absolute Gasteiger partial charge is 0.116 e. The quantitative estimate of drug-likeness (QED) is 0.824. The van der Waals surface area contributed by atoms with Gasteiger partial charge in [0.2, 0.25) is 0 Å². The highest BCUT2D eigenvalue weighted by atomic mass is 32.1. The van der Waals surface area contributed by atoms with Crippen molar-refractivity contribution >= 4 is 17.4 Å². The van der Waals surface area contributed by atoms with E-state index in [9.17, 15) is 0 Å². The van der Waals surface area contributed by atoms with Crippen molar-refractivity contribution in [3.05, 3.63) is 21.7 Å². The fourth-order valence-electron chi connectivity index (χ4n) is 1.96. The van der Waals surface area contributed by atoms with Crippen LogP contribution in [0, 0.1) is 0 Å². The fraction of sp³-hybridized carbons (Fsp3) is 0.643. The summed E-state index contributed by atoms with van der Waals surface area (Å²) in [7, 11) is 0. The van der Waals surface area contributed by atoms with Crippen LogP contribution in [0.1, 0.15) is 50.7 Å². The molecule has 1 aromatic rings. The molecule has 0 bridgehead atoms. The predicted molar refractivity (Wildman–Crippen MR) is 75.5 cm³/mol. The zero-order chi connectivity index (χ0) is 12.3. The van der Waals surface area contributed by atoms with Crippen LogP contribution in [0.3, 0.4) is 0 Å². The van der Waals surface area contributed by atoms with Crippen LogP contribution in [-0.2, 0) is 5.41 Å². The van der Waals surface area contributed by atoms with E-state index in [-0.39, 0.29) is 5.41 Å². The number of rotatable bonds is 1. The normalized spacial score (nSPS) is 20.5. The van der Waals surface area contributed by atoms with Crippen molar-refractivity contribution < 1.29 is 0 Å². The van der Waals surface area contributed by atoms with E-state index in [0.717, 1.165) is 13.1 Å². The van der Waals surface area contributed by atoms with E-state index >= 15 is 0 Å². The van der Waals surface area contributed by atoms with Crippen molar-refractivity contribution in [2.45, 2.75) is 45.4 Å². The first-order chi connectivity index (χ1) is 8.05. The monoisotopic (exact) mass is 250 g/mol. The maximum Gasteiger partial charge on any atom is 0.116 e. The van der Waals surface area contributed by atoms with E-state index in [1.54, 1.807) is 16.9 Å². The molecule has 1 fully saturated rings. The molecule has 3 heteroatoms. The van der Waals surface area contributed by atoms with Gasteiger partial charge in [0.25, 0.3) is 0 Å². The maximum atomic E-state index is 4.73. The molecule has 0 saturated carbocycles. The Hall–Kier alpha value is -0.670. The van der Waals surface area contributed by atoms with E-state index in [1.807, 2.05) is 0 Å². The lowest BCUT2D eigenvalue weighted by Gasteiger charge is -2.14. The SMILES string of the molecule is CC(C)(C)c1csc(/C=C2/CCCNCC2)n1. The fourth-order valence-corrected chi connectivity index (χ4v) is 2.98. The summed E-state index contributed by atoms with van der Waals surface area (Å²) in [6, 6.07) is 0. The molecule has 0 aromatic carbocycles. The minimum Gasteiger partial charge on any atom is -0.316 e. The van der Waals surface area contributed by atoms with Gasteiger partial charge in [0.05, 0.1) is 5.69 Å². The number of hydrogen-bond donors (Lipinski definition) is 1. The predicted octanol–water partition coefficient (Wildman–Crippen LogP) is 3.60. The van der Waals surface area contributed by atoms with E-state index in [0.29, 0.717) is 0 Å². The van der Waals surface area contributed by atoms with Gasteiger partial charge in [-0.3, -0.25) is 0 Å². The van der Waals surface area contributed by atoms with Crippen molar-refractivity contribution in [1.29, 1.82) is 0 Å². The summed E-state index contributed by atoms with van der Waals surface area (Å²) in [5.74, 6) is 0. The highest BCUT2D eigenvalue weighted by Gasteiger charge is 2.17. The van der Waals surface area contributed by atoms with Crippen LogP contribution in [0.25, 0.3) is 6.08 Å². The van der Waals surface area contributed by atoms with Crippen molar-refractivity contribution in [2.75, 3.05) is 13.1 Å². The van der Waals surface area contributed by atoms with Gasteiger partial charge in [0.1, 0.15) is 5.01 Å². The molecule has 0 aliphatic carbocycles. The molecule has 0 spiro atoms. The second kappa shape index (κ2) is 5.32. The molecule has 2 rings (SSSR count). The first-order valence-electron chi connectivity index (χ1n) is 6.42. The maximum absolute atomic E-state index is 4.73. The van der Waals surface area contributed by atoms with E-state index < -0.39 is 0 Å². The van der Waals surface area contributed by atoms with Crippen molar-refractivity contribution in [1.82, 2.24) is 10.3 Å². The minimum atomic E-state index is 0.165. The van der Waals surface area contributed by atoms with E-state index in [2.05, 4.69) is 37.5 Å². The third-order valence-electron chi connectivity index (χ3n) is 3.09. The molecule has 1 aliphatic heterocycles. The Morgan fingerprint density at radius 1 is 1.29 bits per heavy atom. The summed E-state index contributed by atoms with van der Waals surface area (Å²) < 4.78 is 0. The molecular weight excluding hydrogens is 228 g/mol. The molecule has 0 atom stereocenters. The number of thiazole rings is 1. The van der Waals surface area contributed by atoms with Gasteiger partial charge in [-0.2, -0.15) is 0 Å².